The van der Waals surface area contributed by atoms with Crippen LogP contribution in [0.5, 0.6) is 0 Å². The lowest BCUT2D eigenvalue weighted by molar-refractivity contribution is 0.629. The van der Waals surface area contributed by atoms with E-state index in [4.69, 9.17) is 5.02 Å². The van der Waals surface area contributed by atoms with Gasteiger partial charge in [0.1, 0.15) is 0 Å². The van der Waals surface area contributed by atoms with Crippen LogP contribution in [0.1, 0.15) is 0 Å². The summed E-state index contributed by atoms with van der Waals surface area (Å²) in [4.78, 5) is 0. The highest BCUT2D eigenvalue weighted by Crippen LogP contribution is 1.31. The Morgan fingerprint density at radius 1 is 1.50 bits per heavy atom. The number of rotatable bonds is 0. The highest BCUT2D eigenvalue weighted by molar-refractivity contribution is 7.79. The van der Waals surface area contributed by atoms with E-state index in [0.29, 0.717) is 0 Å². The summed E-state index contributed by atoms with van der Waals surface area (Å²) >= 11 is 3.53. The first-order chi connectivity index (χ1) is 2.00. The fourth-order valence-electron chi connectivity index (χ4n) is 0. The molecule has 0 rings (SSSR count). The van der Waals surface area contributed by atoms with Crippen molar-refractivity contribution in [3.8, 4) is 0 Å². The number of hydrogen-bond acceptors (Lipinski definition) is 2. The van der Waals surface area contributed by atoms with Crippen LogP contribution in [0.3, 0.4) is 0 Å². The van der Waals surface area contributed by atoms with Crippen molar-refractivity contribution >= 4 is 20.7 Å². The number of thiol groups is 1. The van der Waals surface area contributed by atoms with Crippen LogP contribution in [-0.4, -0.2) is 19.3 Å². The van der Waals surface area contributed by atoms with Gasteiger partial charge in [-0.25, -0.2) is 0 Å². The Bertz CT molecular complexity index is 8.00. The largest absolute Gasteiger partial charge is 0.461 e. The summed E-state index contributed by atoms with van der Waals surface area (Å²) in [5.74, 6) is 0. The summed E-state index contributed by atoms with van der Waals surface area (Å²) in [5, 5.41) is 6.50. The van der Waals surface area contributed by atoms with Gasteiger partial charge in [-0.2, -0.15) is 12.6 Å². The third-order valence-electron chi connectivity index (χ3n) is 0. The van der Waals surface area contributed by atoms with Crippen molar-refractivity contribution < 1.29 is 5.02 Å². The van der Waals surface area contributed by atoms with Crippen molar-refractivity contribution in [2.45, 2.75) is 0 Å². The predicted octanol–water partition coefficient (Wildman–Crippen LogP) is -0.392. The third kappa shape index (κ3) is 31.9. The van der Waals surface area contributed by atoms with E-state index in [9.17, 15) is 0 Å². The molecule has 0 aliphatic carbocycles. The Hall–Kier alpha value is 0.375. The Balaban J connectivity index is 0. The highest BCUT2D eigenvalue weighted by atomic mass is 32.1. The molecular formula is CH5BOS. The summed E-state index contributed by atoms with van der Waals surface area (Å²) < 4.78 is 0. The first-order valence-corrected chi connectivity index (χ1v) is 1.60. The molecule has 2 radical (unpaired) electrons. The van der Waals surface area contributed by atoms with E-state index in [1.807, 2.05) is 0 Å². The molecule has 0 fully saturated rings. The van der Waals surface area contributed by atoms with E-state index < -0.39 is 0 Å². The van der Waals surface area contributed by atoms with E-state index in [1.165, 1.54) is 0 Å². The molecule has 0 unspecified atom stereocenters. The van der Waals surface area contributed by atoms with Gasteiger partial charge in [0.15, 0.2) is 0 Å². The van der Waals surface area contributed by atoms with Crippen molar-refractivity contribution in [2.75, 3.05) is 6.26 Å². The molecule has 0 amide bonds. The average molecular weight is 75.9 g/mol. The summed E-state index contributed by atoms with van der Waals surface area (Å²) in [7, 11) is 3.50. The van der Waals surface area contributed by atoms with E-state index in [2.05, 4.69) is 20.7 Å². The first kappa shape index (κ1) is 8.83. The topological polar surface area (TPSA) is 20.2 Å². The van der Waals surface area contributed by atoms with Crippen molar-refractivity contribution in [2.24, 2.45) is 0 Å². The zero-order valence-electron chi connectivity index (χ0n) is 2.47. The van der Waals surface area contributed by atoms with E-state index >= 15 is 0 Å². The quantitative estimate of drug-likeness (QED) is 0.297. The normalized spacial score (nSPS) is 2.75. The predicted molar refractivity (Wildman–Crippen MR) is 22.9 cm³/mol. The van der Waals surface area contributed by atoms with Crippen LogP contribution >= 0.6 is 12.6 Å². The molecule has 0 saturated heterocycles. The second-order valence-corrected chi connectivity index (χ2v) is 0. The van der Waals surface area contributed by atoms with Gasteiger partial charge in [0.05, 0.1) is 0 Å². The summed E-state index contributed by atoms with van der Waals surface area (Å²) in [6.07, 6.45) is 1.69. The lowest BCUT2D eigenvalue weighted by atomic mass is 10.6. The van der Waals surface area contributed by atoms with Gasteiger partial charge in [-0.15, -0.1) is 0 Å². The molecule has 0 spiro atoms. The van der Waals surface area contributed by atoms with Gasteiger partial charge in [-0.05, 0) is 6.26 Å². The molecule has 3 heteroatoms. The Labute approximate surface area is 32.9 Å². The zero-order valence-corrected chi connectivity index (χ0v) is 3.37. The third-order valence-corrected chi connectivity index (χ3v) is 0. The minimum atomic E-state index is 1.69. The molecule has 0 bridgehead atoms. The van der Waals surface area contributed by atoms with Gasteiger partial charge in [0.25, 0.3) is 8.05 Å². The van der Waals surface area contributed by atoms with Gasteiger partial charge < -0.3 is 5.02 Å². The van der Waals surface area contributed by atoms with Gasteiger partial charge in [-0.1, -0.05) is 0 Å². The molecule has 1 N–H and O–H groups in total. The lowest BCUT2D eigenvalue weighted by Crippen LogP contribution is -1.34. The van der Waals surface area contributed by atoms with Crippen LogP contribution < -0.4 is 0 Å². The van der Waals surface area contributed by atoms with Crippen molar-refractivity contribution in [3.63, 3.8) is 0 Å². The molecule has 0 saturated carbocycles. The zero-order chi connectivity index (χ0) is 4.00. The molecule has 0 aromatic carbocycles. The Morgan fingerprint density at radius 2 is 1.50 bits per heavy atom. The Morgan fingerprint density at radius 3 is 1.50 bits per heavy atom. The minimum Gasteiger partial charge on any atom is -0.461 e. The van der Waals surface area contributed by atoms with E-state index in [-0.39, 0.29) is 0 Å². The SMILES string of the molecule is CS.[B]O. The fourth-order valence-corrected chi connectivity index (χ4v) is 0. The van der Waals surface area contributed by atoms with Gasteiger partial charge in [0.2, 0.25) is 0 Å². The van der Waals surface area contributed by atoms with Crippen molar-refractivity contribution in [1.29, 1.82) is 0 Å². The summed E-state index contributed by atoms with van der Waals surface area (Å²) in [6.45, 7) is 0. The molecular weight excluding hydrogens is 70.9 g/mol. The van der Waals surface area contributed by atoms with E-state index in [0.717, 1.165) is 0 Å². The van der Waals surface area contributed by atoms with Crippen LogP contribution in [0.2, 0.25) is 0 Å². The molecule has 24 valence electrons. The molecule has 4 heavy (non-hydrogen) atoms. The first-order valence-electron chi connectivity index (χ1n) is 0.705. The highest BCUT2D eigenvalue weighted by Gasteiger charge is 0.974. The molecule has 0 aromatic heterocycles. The van der Waals surface area contributed by atoms with Gasteiger partial charge in [0, 0.05) is 0 Å². The second-order valence-electron chi connectivity index (χ2n) is 0. The minimum absolute atomic E-state index is 1.69. The molecule has 0 aromatic rings. The van der Waals surface area contributed by atoms with Crippen LogP contribution in [-0.2, 0) is 0 Å². The van der Waals surface area contributed by atoms with Crippen LogP contribution in [0.25, 0.3) is 0 Å². The van der Waals surface area contributed by atoms with E-state index in [1.54, 1.807) is 6.26 Å². The second kappa shape index (κ2) is 135. The maximum Gasteiger partial charge on any atom is 0.277 e. The standard InChI is InChI=1S/CH4S.BHO/c2*1-2/h2H,1H3;2H. The fraction of sp³-hybridized carbons (Fsp3) is 1.00. The average Bonchev–Trinajstić information content (AvgIpc) is 1.50. The lowest BCUT2D eigenvalue weighted by Gasteiger charge is -1.16. The van der Waals surface area contributed by atoms with Crippen LogP contribution in [0.4, 0.5) is 0 Å². The van der Waals surface area contributed by atoms with Gasteiger partial charge >= 0.3 is 0 Å². The maximum absolute atomic E-state index is 6.50. The summed E-state index contributed by atoms with van der Waals surface area (Å²) in [5.41, 5.74) is 0. The van der Waals surface area contributed by atoms with Crippen LogP contribution in [0, 0.1) is 0 Å². The van der Waals surface area contributed by atoms with Crippen molar-refractivity contribution in [1.82, 2.24) is 0 Å². The molecule has 0 heterocycles. The summed E-state index contributed by atoms with van der Waals surface area (Å²) in [6, 6.07) is 0. The van der Waals surface area contributed by atoms with Gasteiger partial charge in [-0.3, -0.25) is 0 Å². The Kier molecular flexibility index (Phi) is 299. The monoisotopic (exact) mass is 76.0 g/mol. The maximum atomic E-state index is 6.50. The molecule has 1 nitrogen and oxygen atoms in total. The molecule has 0 aliphatic heterocycles. The molecule has 0 aliphatic rings. The molecule has 0 atom stereocenters. The number of hydrogen-bond donors (Lipinski definition) is 2. The smallest absolute Gasteiger partial charge is 0.277 e. The van der Waals surface area contributed by atoms with Crippen molar-refractivity contribution in [3.05, 3.63) is 0 Å². The van der Waals surface area contributed by atoms with Crippen LogP contribution in [0.15, 0.2) is 0 Å².